The van der Waals surface area contributed by atoms with Crippen molar-refractivity contribution in [1.29, 1.82) is 0 Å². The van der Waals surface area contributed by atoms with Crippen molar-refractivity contribution in [2.24, 2.45) is 0 Å². The van der Waals surface area contributed by atoms with Gasteiger partial charge < -0.3 is 13.9 Å². The van der Waals surface area contributed by atoms with Crippen LogP contribution < -0.4 is 9.05 Å². The first-order chi connectivity index (χ1) is 13.5. The summed E-state index contributed by atoms with van der Waals surface area (Å²) in [6.07, 6.45) is 0. The van der Waals surface area contributed by atoms with E-state index in [0.717, 1.165) is 28.0 Å². The maximum absolute atomic E-state index is 11.4. The summed E-state index contributed by atoms with van der Waals surface area (Å²) in [6, 6.07) is 10.4. The molecule has 0 radical (unpaired) electrons. The number of rotatable bonds is 2. The molecule has 0 aliphatic carbocycles. The fourth-order valence-electron chi connectivity index (χ4n) is 3.65. The first kappa shape index (κ1) is 23.0. The van der Waals surface area contributed by atoms with E-state index in [0.29, 0.717) is 5.75 Å². The summed E-state index contributed by atoms with van der Waals surface area (Å²) in [5.41, 5.74) is 5.18. The fourth-order valence-corrected chi connectivity index (χ4v) is 5.25. The second-order valence-corrected chi connectivity index (χ2v) is 13.3. The molecule has 1 aliphatic rings. The minimum absolute atomic E-state index is 0.00825. The van der Waals surface area contributed by atoms with E-state index in [1.165, 1.54) is 5.56 Å². The van der Waals surface area contributed by atoms with Gasteiger partial charge in [0.25, 0.3) is 0 Å². The van der Waals surface area contributed by atoms with Crippen LogP contribution in [0.1, 0.15) is 90.1 Å². The molecule has 3 nitrogen and oxygen atoms in total. The Bertz CT molecular complexity index is 993. The van der Waals surface area contributed by atoms with Gasteiger partial charge in [-0.05, 0) is 40.9 Å². The molecule has 1 unspecified atom stereocenters. The van der Waals surface area contributed by atoms with Crippen molar-refractivity contribution in [1.82, 2.24) is 0 Å². The first-order valence-corrected chi connectivity index (χ1v) is 12.3. The molecule has 2 aromatic carbocycles. The van der Waals surface area contributed by atoms with Gasteiger partial charge in [0.15, 0.2) is 0 Å². The van der Waals surface area contributed by atoms with E-state index in [4.69, 9.17) is 9.05 Å². The maximum Gasteiger partial charge on any atom is 0.361 e. The lowest BCUT2D eigenvalue weighted by molar-refractivity contribution is 0.366. The van der Waals surface area contributed by atoms with Crippen molar-refractivity contribution in [3.63, 3.8) is 0 Å². The van der Waals surface area contributed by atoms with Gasteiger partial charge in [0.05, 0.1) is 0 Å². The van der Waals surface area contributed by atoms with Crippen LogP contribution >= 0.6 is 7.57 Å². The van der Waals surface area contributed by atoms with Gasteiger partial charge in [0.2, 0.25) is 0 Å². The molecule has 1 aliphatic heterocycles. The molecule has 0 fully saturated rings. The summed E-state index contributed by atoms with van der Waals surface area (Å²) in [6.45, 7) is 21.9. The van der Waals surface area contributed by atoms with Crippen LogP contribution in [-0.4, -0.2) is 10.7 Å². The van der Waals surface area contributed by atoms with Crippen LogP contribution in [0.4, 0.5) is 0 Å². The largest absolute Gasteiger partial charge is 0.423 e. The number of fused-ring (bicyclic) bond motifs is 1. The van der Waals surface area contributed by atoms with E-state index in [1.54, 1.807) is 5.80 Å². The second kappa shape index (κ2) is 7.18. The maximum atomic E-state index is 11.4. The number of hydrogen-bond donors (Lipinski definition) is 1. The van der Waals surface area contributed by atoms with Gasteiger partial charge in [0.1, 0.15) is 11.5 Å². The molecule has 0 aromatic heterocycles. The topological polar surface area (TPSA) is 38.7 Å². The van der Waals surface area contributed by atoms with Crippen LogP contribution in [-0.2, 0) is 16.2 Å². The predicted octanol–water partition coefficient (Wildman–Crippen LogP) is 7.26. The number of hydrogen-bond acceptors (Lipinski definition) is 3. The second-order valence-electron chi connectivity index (χ2n) is 11.6. The highest BCUT2D eigenvalue weighted by atomic mass is 31.2. The minimum Gasteiger partial charge on any atom is -0.423 e. The molecule has 3 rings (SSSR count). The van der Waals surface area contributed by atoms with Crippen molar-refractivity contribution < 1.29 is 13.9 Å². The summed E-state index contributed by atoms with van der Waals surface area (Å²) in [5, 5.41) is 0. The third-order valence-corrected chi connectivity index (χ3v) is 7.00. The molecule has 30 heavy (non-hydrogen) atoms. The summed E-state index contributed by atoms with van der Waals surface area (Å²) in [5.74, 6) is 3.20. The smallest absolute Gasteiger partial charge is 0.361 e. The van der Waals surface area contributed by atoms with Crippen LogP contribution in [0.3, 0.4) is 0 Å². The molecule has 164 valence electrons. The molecule has 0 amide bonds. The van der Waals surface area contributed by atoms with Crippen LogP contribution in [0.15, 0.2) is 30.3 Å². The van der Waals surface area contributed by atoms with Gasteiger partial charge in [-0.3, -0.25) is 0 Å². The van der Waals surface area contributed by atoms with Crippen LogP contribution in [0.2, 0.25) is 0 Å². The molecule has 0 bridgehead atoms. The Hall–Kier alpha value is -1.70. The monoisotopic (exact) mass is 428 g/mol. The normalized spacial score (nSPS) is 19.2. The fraction of sp³-hybridized carbons (Fsp3) is 0.500. The highest BCUT2D eigenvalue weighted by molar-refractivity contribution is 7.61. The summed E-state index contributed by atoms with van der Waals surface area (Å²) in [7, 11) is -3.22. The van der Waals surface area contributed by atoms with E-state index in [2.05, 4.69) is 74.4 Å². The molecule has 0 saturated heterocycles. The Morgan fingerprint density at radius 2 is 1.33 bits per heavy atom. The molecular formula is C26H37O3P. The van der Waals surface area contributed by atoms with E-state index in [-0.39, 0.29) is 16.2 Å². The van der Waals surface area contributed by atoms with Gasteiger partial charge >= 0.3 is 7.57 Å². The zero-order valence-corrected chi connectivity index (χ0v) is 21.1. The number of benzene rings is 2. The summed E-state index contributed by atoms with van der Waals surface area (Å²) >= 11 is 0. The molecule has 0 spiro atoms. The molecule has 1 atom stereocenters. The summed E-state index contributed by atoms with van der Waals surface area (Å²) in [4.78, 5) is 11.4. The van der Waals surface area contributed by atoms with Crippen molar-refractivity contribution >= 4 is 13.4 Å². The third kappa shape index (κ3) is 4.63. The van der Waals surface area contributed by atoms with Crippen molar-refractivity contribution in [2.45, 2.75) is 85.5 Å². The average Bonchev–Trinajstić information content (AvgIpc) is 2.86. The van der Waals surface area contributed by atoms with E-state index in [9.17, 15) is 4.89 Å². The zero-order valence-electron chi connectivity index (χ0n) is 20.2. The van der Waals surface area contributed by atoms with Gasteiger partial charge in [-0.25, -0.2) is 0 Å². The Balaban J connectivity index is 2.22. The molecule has 1 heterocycles. The lowest BCUT2D eigenvalue weighted by Gasteiger charge is -2.34. The highest BCUT2D eigenvalue weighted by Crippen LogP contribution is 2.55. The van der Waals surface area contributed by atoms with Crippen molar-refractivity contribution in [2.75, 3.05) is 0 Å². The SMILES string of the molecule is Cc1ccc2c(c1)C=P(O)(Oc1c(C(C)(C)C)cc(C(C)(C)C)cc1C(C)(C)C)O2. The van der Waals surface area contributed by atoms with Gasteiger partial charge in [-0.1, -0.05) is 86.1 Å². The standard InChI is InChI=1S/C26H37O3P/c1-17-11-12-22-18(13-17)16-30(27,28-22)29-23-20(25(5,6)7)14-19(24(2,3)4)15-21(23)26(8,9)10/h11-16,27H,1-10H3. The Kier molecular flexibility index (Phi) is 5.49. The number of aryl methyl sites for hydroxylation is 1. The van der Waals surface area contributed by atoms with Gasteiger partial charge in [0, 0.05) is 22.5 Å². The Labute approximate surface area is 182 Å². The molecule has 4 heteroatoms. The van der Waals surface area contributed by atoms with Crippen LogP contribution in [0.25, 0.3) is 0 Å². The van der Waals surface area contributed by atoms with E-state index < -0.39 is 7.57 Å². The highest BCUT2D eigenvalue weighted by Gasteiger charge is 2.35. The predicted molar refractivity (Wildman–Crippen MR) is 129 cm³/mol. The lowest BCUT2D eigenvalue weighted by atomic mass is 9.75. The van der Waals surface area contributed by atoms with Gasteiger partial charge in [-0.15, -0.1) is 0 Å². The average molecular weight is 429 g/mol. The van der Waals surface area contributed by atoms with Crippen LogP contribution in [0.5, 0.6) is 11.5 Å². The summed E-state index contributed by atoms with van der Waals surface area (Å²) < 4.78 is 12.4. The zero-order chi connectivity index (χ0) is 22.7. The Morgan fingerprint density at radius 1 is 0.800 bits per heavy atom. The molecule has 0 saturated carbocycles. The van der Waals surface area contributed by atoms with Crippen molar-refractivity contribution in [3.05, 3.63) is 58.1 Å². The minimum atomic E-state index is -3.22. The van der Waals surface area contributed by atoms with Gasteiger partial charge in [-0.2, -0.15) is 0 Å². The lowest BCUT2D eigenvalue weighted by Crippen LogP contribution is -2.23. The molecular weight excluding hydrogens is 391 g/mol. The first-order valence-electron chi connectivity index (χ1n) is 10.7. The van der Waals surface area contributed by atoms with E-state index in [1.807, 2.05) is 25.1 Å². The van der Waals surface area contributed by atoms with Crippen LogP contribution in [0, 0.1) is 6.92 Å². The third-order valence-electron chi connectivity index (χ3n) is 5.49. The quantitative estimate of drug-likeness (QED) is 0.512. The molecule has 2 aromatic rings. The van der Waals surface area contributed by atoms with E-state index >= 15 is 0 Å². The molecule has 1 N–H and O–H groups in total. The van der Waals surface area contributed by atoms with Crippen molar-refractivity contribution in [3.8, 4) is 11.5 Å². The Morgan fingerprint density at radius 3 is 1.80 bits per heavy atom.